The van der Waals surface area contributed by atoms with Crippen LogP contribution in [0.25, 0.3) is 0 Å². The predicted molar refractivity (Wildman–Crippen MR) is 192 cm³/mol. The van der Waals surface area contributed by atoms with Crippen molar-refractivity contribution in [2.45, 2.75) is 158 Å². The number of carbonyl (C=O) groups is 2. The number of rotatable bonds is 11. The molecule has 3 N–H and O–H groups in total. The van der Waals surface area contributed by atoms with E-state index >= 15 is 0 Å². The minimum atomic E-state index is -0.486. The number of fused-ring (bicyclic) bond motifs is 7. The molecule has 0 bridgehead atoms. The van der Waals surface area contributed by atoms with Crippen molar-refractivity contribution in [3.63, 3.8) is 0 Å². The van der Waals surface area contributed by atoms with Gasteiger partial charge in [0, 0.05) is 11.8 Å². The van der Waals surface area contributed by atoms with Crippen LogP contribution < -0.4 is 5.73 Å². The number of aliphatic hydroxyl groups is 1. The van der Waals surface area contributed by atoms with Crippen molar-refractivity contribution in [2.75, 3.05) is 20.3 Å². The molecular weight excluding hydrogens is 596 g/mol. The number of esters is 1. The molecule has 6 nitrogen and oxygen atoms in total. The van der Waals surface area contributed by atoms with Crippen LogP contribution in [0.15, 0.2) is 0 Å². The molecule has 2 unspecified atom stereocenters. The zero-order chi connectivity index (χ0) is 35.1. The largest absolute Gasteiger partial charge is 0.462 e. The Labute approximate surface area is 293 Å². The highest BCUT2D eigenvalue weighted by molar-refractivity contribution is 5.76. The quantitative estimate of drug-likeness (QED) is 0.170. The number of nitrogens with two attached hydrogens (primary N) is 1. The number of aliphatic hydroxyl groups excluding tert-OH is 1. The van der Waals surface area contributed by atoms with Gasteiger partial charge in [-0.15, -0.1) is 0 Å². The van der Waals surface area contributed by atoms with E-state index in [0.29, 0.717) is 28.1 Å². The van der Waals surface area contributed by atoms with Crippen molar-refractivity contribution in [3.8, 4) is 0 Å². The van der Waals surface area contributed by atoms with Crippen LogP contribution in [0.1, 0.15) is 152 Å². The smallest absolute Gasteiger partial charge is 0.306 e. The summed E-state index contributed by atoms with van der Waals surface area (Å²) in [6, 6.07) is 0. The van der Waals surface area contributed by atoms with Crippen molar-refractivity contribution in [3.05, 3.63) is 0 Å². The highest BCUT2D eigenvalue weighted by atomic mass is 16.5. The Balaban J connectivity index is 1.22. The molecule has 6 fully saturated rings. The maximum absolute atomic E-state index is 13.3. The highest BCUT2D eigenvalue weighted by Gasteiger charge is 2.71. The fraction of sp³-hybridized carbons (Fsp3) is 0.952. The minimum absolute atomic E-state index is 0.0799. The Morgan fingerprint density at radius 2 is 1.58 bits per heavy atom. The molecule has 0 aromatic rings. The van der Waals surface area contributed by atoms with Crippen molar-refractivity contribution in [1.82, 2.24) is 4.90 Å². The summed E-state index contributed by atoms with van der Waals surface area (Å²) in [6.07, 6.45) is 17.4. The van der Waals surface area contributed by atoms with E-state index in [2.05, 4.69) is 53.5 Å². The Kier molecular flexibility index (Phi) is 9.56. The SMILES string of the molecule is CC1CC1[C@@H]1CC[C@]2(CCCN(C)CO)CC[C@]3(C)[C@H](CC[C@@H]4[C@@]5(C)CC[C@H](OC(=O)CC(C)(C)CC(N)=O)C(C)(C)[C@@H]5CC[C@]43C)[C@@H]12. The van der Waals surface area contributed by atoms with E-state index in [9.17, 15) is 14.7 Å². The van der Waals surface area contributed by atoms with Crippen molar-refractivity contribution in [2.24, 2.45) is 79.6 Å². The first-order valence-corrected chi connectivity index (χ1v) is 20.1. The summed E-state index contributed by atoms with van der Waals surface area (Å²) in [5, 5.41) is 9.68. The van der Waals surface area contributed by atoms with Crippen LogP contribution in [-0.2, 0) is 14.3 Å². The number of ether oxygens (including phenoxy) is 1. The van der Waals surface area contributed by atoms with Gasteiger partial charge in [0.05, 0.1) is 13.2 Å². The van der Waals surface area contributed by atoms with Gasteiger partial charge >= 0.3 is 5.97 Å². The molecule has 0 radical (unpaired) electrons. The van der Waals surface area contributed by atoms with E-state index in [1.165, 1.54) is 70.6 Å². The molecule has 12 atom stereocenters. The van der Waals surface area contributed by atoms with Gasteiger partial charge in [-0.05, 0) is 166 Å². The lowest BCUT2D eigenvalue weighted by Gasteiger charge is -2.73. The second-order valence-electron chi connectivity index (χ2n) is 20.8. The first-order valence-electron chi connectivity index (χ1n) is 20.1. The summed E-state index contributed by atoms with van der Waals surface area (Å²) >= 11 is 0. The van der Waals surface area contributed by atoms with Crippen LogP contribution in [0.5, 0.6) is 0 Å². The third-order valence-electron chi connectivity index (χ3n) is 17.3. The first-order chi connectivity index (χ1) is 22.3. The van der Waals surface area contributed by atoms with E-state index in [1.807, 2.05) is 13.8 Å². The topological polar surface area (TPSA) is 92.9 Å². The van der Waals surface area contributed by atoms with E-state index in [4.69, 9.17) is 10.5 Å². The van der Waals surface area contributed by atoms with Gasteiger partial charge in [-0.1, -0.05) is 55.4 Å². The molecule has 0 spiro atoms. The van der Waals surface area contributed by atoms with Gasteiger partial charge in [-0.25, -0.2) is 0 Å². The van der Waals surface area contributed by atoms with Crippen molar-refractivity contribution >= 4 is 11.9 Å². The lowest BCUT2D eigenvalue weighted by atomic mass is 9.32. The summed E-state index contributed by atoms with van der Waals surface area (Å²) < 4.78 is 6.34. The van der Waals surface area contributed by atoms with Gasteiger partial charge in [0.2, 0.25) is 5.91 Å². The third kappa shape index (κ3) is 5.91. The lowest BCUT2D eigenvalue weighted by molar-refractivity contribution is -0.251. The highest BCUT2D eigenvalue weighted by Crippen LogP contribution is 2.78. The molecule has 1 amide bonds. The maximum Gasteiger partial charge on any atom is 0.306 e. The van der Waals surface area contributed by atoms with Crippen LogP contribution in [-0.4, -0.2) is 48.3 Å². The van der Waals surface area contributed by atoms with Gasteiger partial charge in [0.25, 0.3) is 0 Å². The molecule has 0 saturated heterocycles. The van der Waals surface area contributed by atoms with Gasteiger partial charge < -0.3 is 15.6 Å². The standard InChI is InChI=1S/C42H72N2O4/c1-27-23-29(27)28-13-19-42(16-10-22-44(9)26-45)21-20-40(7)30(36(28)42)11-12-32-39(6)17-15-33(38(4,5)31(39)14-18-41(32,40)8)48-35(47)25-37(2,3)24-34(43)46/h27-33,36,45H,10-26H2,1-9H3,(H2,43,46)/t27?,28-,29?,30+,31-,32+,33-,36+,39-,40+,41+,42+/m0/s1. The summed E-state index contributed by atoms with van der Waals surface area (Å²) in [5.74, 6) is 5.20. The molecule has 48 heavy (non-hydrogen) atoms. The lowest BCUT2D eigenvalue weighted by Crippen LogP contribution is -2.66. The van der Waals surface area contributed by atoms with Crippen LogP contribution in [0.2, 0.25) is 0 Å². The van der Waals surface area contributed by atoms with Crippen LogP contribution >= 0.6 is 0 Å². The average molecular weight is 669 g/mol. The number of nitrogens with zero attached hydrogens (tertiary/aromatic N) is 1. The Morgan fingerprint density at radius 3 is 2.23 bits per heavy atom. The van der Waals surface area contributed by atoms with Gasteiger partial charge in [0.15, 0.2) is 0 Å². The summed E-state index contributed by atoms with van der Waals surface area (Å²) in [6.45, 7) is 20.5. The van der Waals surface area contributed by atoms with Crippen LogP contribution in [0.4, 0.5) is 0 Å². The zero-order valence-corrected chi connectivity index (χ0v) is 32.3. The molecule has 6 aliphatic rings. The van der Waals surface area contributed by atoms with E-state index in [1.54, 1.807) is 0 Å². The van der Waals surface area contributed by atoms with Crippen LogP contribution in [0.3, 0.4) is 0 Å². The number of amides is 1. The molecule has 274 valence electrons. The molecule has 6 aliphatic carbocycles. The van der Waals surface area contributed by atoms with Crippen LogP contribution in [0, 0.1) is 73.9 Å². The molecule has 0 heterocycles. The summed E-state index contributed by atoms with van der Waals surface area (Å²) in [7, 11) is 2.06. The number of primary amides is 1. The molecule has 0 aliphatic heterocycles. The number of hydrogen-bond donors (Lipinski definition) is 2. The maximum atomic E-state index is 13.3. The minimum Gasteiger partial charge on any atom is -0.462 e. The molecule has 6 saturated carbocycles. The molecule has 6 heteroatoms. The molecule has 0 aromatic heterocycles. The van der Waals surface area contributed by atoms with Crippen molar-refractivity contribution in [1.29, 1.82) is 0 Å². The third-order valence-corrected chi connectivity index (χ3v) is 17.3. The Hall–Kier alpha value is -1.14. The van der Waals surface area contributed by atoms with Gasteiger partial charge in [-0.2, -0.15) is 0 Å². The Bertz CT molecular complexity index is 1230. The fourth-order valence-electron chi connectivity index (χ4n) is 14.7. The normalized spacial score (nSPS) is 46.2. The fourth-order valence-corrected chi connectivity index (χ4v) is 14.7. The predicted octanol–water partition coefficient (Wildman–Crippen LogP) is 8.59. The van der Waals surface area contributed by atoms with E-state index in [0.717, 1.165) is 49.0 Å². The molecule has 6 rings (SSSR count). The molecular formula is C42H72N2O4. The number of carbonyl (C=O) groups excluding carboxylic acids is 2. The second kappa shape index (κ2) is 12.5. The summed E-state index contributed by atoms with van der Waals surface area (Å²) in [5.41, 5.74) is 6.38. The van der Waals surface area contributed by atoms with Gasteiger partial charge in [-0.3, -0.25) is 14.5 Å². The van der Waals surface area contributed by atoms with Gasteiger partial charge in [0.1, 0.15) is 6.10 Å². The van der Waals surface area contributed by atoms with E-state index in [-0.39, 0.29) is 48.4 Å². The van der Waals surface area contributed by atoms with Crippen molar-refractivity contribution < 1.29 is 19.4 Å². The van der Waals surface area contributed by atoms with E-state index < -0.39 is 5.41 Å². The Morgan fingerprint density at radius 1 is 0.875 bits per heavy atom. The zero-order valence-electron chi connectivity index (χ0n) is 32.3. The monoisotopic (exact) mass is 669 g/mol. The first kappa shape index (κ1) is 36.6. The number of hydrogen-bond acceptors (Lipinski definition) is 5. The summed E-state index contributed by atoms with van der Waals surface area (Å²) in [4.78, 5) is 26.9. The second-order valence-corrected chi connectivity index (χ2v) is 20.8. The molecule has 0 aromatic carbocycles. The average Bonchev–Trinajstić information content (AvgIpc) is 3.58.